The Labute approximate surface area is 192 Å². The van der Waals surface area contributed by atoms with Crippen LogP contribution in [0.1, 0.15) is 36.5 Å². The van der Waals surface area contributed by atoms with Crippen molar-refractivity contribution >= 4 is 35.1 Å². The summed E-state index contributed by atoms with van der Waals surface area (Å²) in [6.07, 6.45) is 1.77. The lowest BCUT2D eigenvalue weighted by Crippen LogP contribution is -2.55. The van der Waals surface area contributed by atoms with Gasteiger partial charge in [0.15, 0.2) is 0 Å². The van der Waals surface area contributed by atoms with Crippen LogP contribution >= 0.6 is 11.6 Å². The average Bonchev–Trinajstić information content (AvgIpc) is 3.01. The van der Waals surface area contributed by atoms with Crippen molar-refractivity contribution < 1.29 is 23.9 Å². The molecule has 10 nitrogen and oxygen atoms in total. The minimum atomic E-state index is -0.872. The van der Waals surface area contributed by atoms with Crippen LogP contribution in [0.25, 0.3) is 0 Å². The van der Waals surface area contributed by atoms with E-state index in [0.29, 0.717) is 36.4 Å². The van der Waals surface area contributed by atoms with E-state index in [2.05, 4.69) is 20.9 Å². The highest BCUT2D eigenvalue weighted by atomic mass is 35.5. The SMILES string of the molecule is COc1cc(N)c(Cl)cc1C(=O)N[C@@H]1CCN(CCCC2(C)NC(=O)NC2=O)C[C@@H]1OC. The number of hydrogen-bond donors (Lipinski definition) is 4. The van der Waals surface area contributed by atoms with Crippen molar-refractivity contribution in [1.29, 1.82) is 0 Å². The van der Waals surface area contributed by atoms with E-state index in [-0.39, 0.29) is 29.0 Å². The second-order valence-corrected chi connectivity index (χ2v) is 8.77. The zero-order valence-corrected chi connectivity index (χ0v) is 19.3. The van der Waals surface area contributed by atoms with Crippen LogP contribution in [-0.2, 0) is 9.53 Å². The molecular formula is C21H30ClN5O5. The molecule has 2 aliphatic heterocycles. The average molecular weight is 468 g/mol. The summed E-state index contributed by atoms with van der Waals surface area (Å²) in [6, 6.07) is 2.40. The third-order valence-corrected chi connectivity index (χ3v) is 6.42. The first kappa shape index (κ1) is 24.1. The molecule has 32 heavy (non-hydrogen) atoms. The van der Waals surface area contributed by atoms with Gasteiger partial charge in [-0.25, -0.2) is 4.79 Å². The van der Waals surface area contributed by atoms with Crippen LogP contribution in [0.5, 0.6) is 5.75 Å². The summed E-state index contributed by atoms with van der Waals surface area (Å²) < 4.78 is 10.9. The van der Waals surface area contributed by atoms with Crippen LogP contribution in [0.4, 0.5) is 10.5 Å². The molecule has 3 rings (SSSR count). The molecule has 2 heterocycles. The molecule has 1 aromatic carbocycles. The normalized spacial score (nSPS) is 25.9. The van der Waals surface area contributed by atoms with Gasteiger partial charge in [0.05, 0.1) is 35.5 Å². The summed E-state index contributed by atoms with van der Waals surface area (Å²) in [5.41, 5.74) is 5.58. The van der Waals surface area contributed by atoms with Crippen molar-refractivity contribution in [3.8, 4) is 5.75 Å². The molecule has 0 aromatic heterocycles. The van der Waals surface area contributed by atoms with Crippen LogP contribution < -0.4 is 26.4 Å². The van der Waals surface area contributed by atoms with Gasteiger partial charge >= 0.3 is 6.03 Å². The van der Waals surface area contributed by atoms with Crippen molar-refractivity contribution in [3.05, 3.63) is 22.7 Å². The van der Waals surface area contributed by atoms with E-state index >= 15 is 0 Å². The first-order chi connectivity index (χ1) is 15.2. The summed E-state index contributed by atoms with van der Waals surface area (Å²) in [5.74, 6) is -0.246. The Hall–Kier alpha value is -2.56. The van der Waals surface area contributed by atoms with E-state index in [0.717, 1.165) is 19.5 Å². The Kier molecular flexibility index (Phi) is 7.47. The molecule has 1 aromatic rings. The van der Waals surface area contributed by atoms with E-state index in [1.165, 1.54) is 19.2 Å². The molecular weight excluding hydrogens is 438 g/mol. The lowest BCUT2D eigenvalue weighted by atomic mass is 9.95. The summed E-state index contributed by atoms with van der Waals surface area (Å²) >= 11 is 6.09. The van der Waals surface area contributed by atoms with Gasteiger partial charge in [0.1, 0.15) is 11.3 Å². The zero-order valence-electron chi connectivity index (χ0n) is 18.5. The molecule has 1 unspecified atom stereocenters. The minimum absolute atomic E-state index is 0.179. The second-order valence-electron chi connectivity index (χ2n) is 8.36. The van der Waals surface area contributed by atoms with Gasteiger partial charge in [0.25, 0.3) is 11.8 Å². The van der Waals surface area contributed by atoms with Gasteiger partial charge in [-0.05, 0) is 38.8 Å². The number of imide groups is 1. The van der Waals surface area contributed by atoms with E-state index < -0.39 is 11.6 Å². The van der Waals surface area contributed by atoms with Gasteiger partial charge in [-0.15, -0.1) is 0 Å². The number of piperidine rings is 1. The number of hydrogen-bond acceptors (Lipinski definition) is 7. The Morgan fingerprint density at radius 2 is 2.12 bits per heavy atom. The molecule has 3 atom stereocenters. The molecule has 0 aliphatic carbocycles. The maximum absolute atomic E-state index is 12.9. The van der Waals surface area contributed by atoms with Crippen molar-refractivity contribution in [3.63, 3.8) is 0 Å². The number of rotatable bonds is 8. The summed E-state index contributed by atoms with van der Waals surface area (Å²) in [6.45, 7) is 3.88. The van der Waals surface area contributed by atoms with E-state index in [1.54, 1.807) is 14.0 Å². The van der Waals surface area contributed by atoms with Gasteiger partial charge in [0.2, 0.25) is 0 Å². The number of halogens is 1. The maximum Gasteiger partial charge on any atom is 0.322 e. The van der Waals surface area contributed by atoms with Gasteiger partial charge < -0.3 is 30.7 Å². The number of ether oxygens (including phenoxy) is 2. The first-order valence-corrected chi connectivity index (χ1v) is 10.9. The number of benzene rings is 1. The fraction of sp³-hybridized carbons (Fsp3) is 0.571. The Morgan fingerprint density at radius 1 is 1.38 bits per heavy atom. The number of carbonyl (C=O) groups excluding carboxylic acids is 3. The predicted molar refractivity (Wildman–Crippen MR) is 120 cm³/mol. The number of amides is 4. The monoisotopic (exact) mass is 467 g/mol. The number of nitrogens with two attached hydrogens (primary N) is 1. The molecule has 2 aliphatic rings. The summed E-state index contributed by atoms with van der Waals surface area (Å²) in [4.78, 5) is 38.4. The molecule has 4 amide bonds. The third kappa shape index (κ3) is 5.25. The maximum atomic E-state index is 12.9. The topological polar surface area (TPSA) is 135 Å². The Morgan fingerprint density at radius 3 is 2.75 bits per heavy atom. The second kappa shape index (κ2) is 9.93. The molecule has 2 saturated heterocycles. The van der Waals surface area contributed by atoms with Crippen LogP contribution in [0.2, 0.25) is 5.02 Å². The predicted octanol–water partition coefficient (Wildman–Crippen LogP) is 1.13. The lowest BCUT2D eigenvalue weighted by Gasteiger charge is -2.38. The highest BCUT2D eigenvalue weighted by Crippen LogP contribution is 2.29. The highest BCUT2D eigenvalue weighted by Gasteiger charge is 2.41. The number of urea groups is 1. The fourth-order valence-electron chi connectivity index (χ4n) is 4.16. The van der Waals surface area contributed by atoms with Gasteiger partial charge in [-0.1, -0.05) is 11.6 Å². The van der Waals surface area contributed by atoms with E-state index in [9.17, 15) is 14.4 Å². The van der Waals surface area contributed by atoms with Crippen molar-refractivity contribution in [2.45, 2.75) is 43.9 Å². The molecule has 0 bridgehead atoms. The zero-order chi connectivity index (χ0) is 23.5. The van der Waals surface area contributed by atoms with Crippen LogP contribution in [-0.4, -0.2) is 74.3 Å². The minimum Gasteiger partial charge on any atom is -0.496 e. The van der Waals surface area contributed by atoms with Gasteiger partial charge in [0, 0.05) is 26.3 Å². The van der Waals surface area contributed by atoms with Gasteiger partial charge in [-0.2, -0.15) is 0 Å². The van der Waals surface area contributed by atoms with Crippen molar-refractivity contribution in [1.82, 2.24) is 20.9 Å². The Balaban J connectivity index is 1.54. The molecule has 0 saturated carbocycles. The molecule has 176 valence electrons. The number of nitrogen functional groups attached to an aromatic ring is 1. The molecule has 5 N–H and O–H groups in total. The Bertz CT molecular complexity index is 898. The quantitative estimate of drug-likeness (QED) is 0.332. The molecule has 0 spiro atoms. The van der Waals surface area contributed by atoms with Crippen molar-refractivity contribution in [2.24, 2.45) is 0 Å². The number of nitrogens with one attached hydrogen (secondary N) is 3. The van der Waals surface area contributed by atoms with Crippen LogP contribution in [0.3, 0.4) is 0 Å². The molecule has 11 heteroatoms. The fourth-order valence-corrected chi connectivity index (χ4v) is 4.32. The third-order valence-electron chi connectivity index (χ3n) is 6.09. The van der Waals surface area contributed by atoms with E-state index in [4.69, 9.17) is 26.8 Å². The van der Waals surface area contributed by atoms with Crippen LogP contribution in [0.15, 0.2) is 12.1 Å². The number of nitrogens with zero attached hydrogens (tertiary/aromatic N) is 1. The van der Waals surface area contributed by atoms with Gasteiger partial charge in [-0.3, -0.25) is 14.9 Å². The highest BCUT2D eigenvalue weighted by molar-refractivity contribution is 6.33. The van der Waals surface area contributed by atoms with Crippen LogP contribution in [0, 0.1) is 0 Å². The largest absolute Gasteiger partial charge is 0.496 e. The molecule has 2 fully saturated rings. The molecule has 0 radical (unpaired) electrons. The summed E-state index contributed by atoms with van der Waals surface area (Å²) in [5, 5.41) is 8.27. The van der Waals surface area contributed by atoms with Crippen molar-refractivity contribution in [2.75, 3.05) is 39.6 Å². The standard InChI is InChI=1S/C21H30ClN5O5/c1-21(19(29)25-20(30)26-21)6-4-7-27-8-5-15(17(11-27)32-3)24-18(28)12-9-13(22)14(23)10-16(12)31-2/h9-10,15,17H,4-8,11,23H2,1-3H3,(H,24,28)(H2,25,26,29,30)/t15-,17+,21?/m1/s1. The number of methoxy groups -OCH3 is 2. The smallest absolute Gasteiger partial charge is 0.322 e. The number of likely N-dealkylation sites (tertiary alicyclic amines) is 1. The lowest BCUT2D eigenvalue weighted by molar-refractivity contribution is -0.123. The summed E-state index contributed by atoms with van der Waals surface area (Å²) in [7, 11) is 3.09. The number of carbonyl (C=O) groups is 3. The van der Waals surface area contributed by atoms with E-state index in [1.807, 2.05) is 0 Å². The first-order valence-electron chi connectivity index (χ1n) is 10.5. The number of anilines is 1.